The molecule has 1 aromatic heterocycles. The molecular formula is C13H15Cl2N3. The number of nitrogens with one attached hydrogen (secondary N) is 1. The number of aromatic nitrogens is 2. The van der Waals surface area contributed by atoms with Crippen LogP contribution in [0.15, 0.2) is 24.3 Å². The van der Waals surface area contributed by atoms with Gasteiger partial charge in [0, 0.05) is 6.54 Å². The van der Waals surface area contributed by atoms with Crippen LogP contribution in [0.3, 0.4) is 0 Å². The zero-order valence-corrected chi connectivity index (χ0v) is 11.9. The first kappa shape index (κ1) is 13.2. The van der Waals surface area contributed by atoms with Gasteiger partial charge in [0.05, 0.1) is 33.7 Å². The number of anilines is 1. The maximum absolute atomic E-state index is 6.12. The minimum absolute atomic E-state index is 0.554. The van der Waals surface area contributed by atoms with Gasteiger partial charge in [-0.2, -0.15) is 5.10 Å². The quantitative estimate of drug-likeness (QED) is 0.914. The van der Waals surface area contributed by atoms with Crippen molar-refractivity contribution in [2.45, 2.75) is 26.9 Å². The standard InChI is InChI=1S/C13H15Cl2N3/c1-3-18-10(7-9(2)17-18)8-16-12-6-4-5-11(14)13(12)15/h4-7,16H,3,8H2,1-2H3. The van der Waals surface area contributed by atoms with Crippen LogP contribution in [0.1, 0.15) is 18.3 Å². The van der Waals surface area contributed by atoms with E-state index in [1.165, 1.54) is 0 Å². The van der Waals surface area contributed by atoms with E-state index in [0.717, 1.165) is 23.6 Å². The fourth-order valence-corrected chi connectivity index (χ4v) is 2.21. The average molecular weight is 284 g/mol. The van der Waals surface area contributed by atoms with Crippen LogP contribution in [-0.2, 0) is 13.1 Å². The summed E-state index contributed by atoms with van der Waals surface area (Å²) in [6, 6.07) is 7.62. The van der Waals surface area contributed by atoms with Crippen molar-refractivity contribution in [1.82, 2.24) is 9.78 Å². The van der Waals surface area contributed by atoms with Crippen molar-refractivity contribution in [3.8, 4) is 0 Å². The lowest BCUT2D eigenvalue weighted by atomic mass is 10.3. The second-order valence-corrected chi connectivity index (χ2v) is 4.83. The van der Waals surface area contributed by atoms with Gasteiger partial charge < -0.3 is 5.32 Å². The lowest BCUT2D eigenvalue weighted by Crippen LogP contribution is -2.08. The lowest BCUT2D eigenvalue weighted by Gasteiger charge is -2.10. The fraction of sp³-hybridized carbons (Fsp3) is 0.308. The van der Waals surface area contributed by atoms with E-state index in [9.17, 15) is 0 Å². The minimum Gasteiger partial charge on any atom is -0.378 e. The molecule has 0 aliphatic carbocycles. The van der Waals surface area contributed by atoms with Crippen LogP contribution in [-0.4, -0.2) is 9.78 Å². The molecule has 2 aromatic rings. The number of nitrogens with zero attached hydrogens (tertiary/aromatic N) is 2. The first-order valence-electron chi connectivity index (χ1n) is 5.83. The molecule has 3 nitrogen and oxygen atoms in total. The largest absolute Gasteiger partial charge is 0.378 e. The number of benzene rings is 1. The number of rotatable bonds is 4. The number of aryl methyl sites for hydroxylation is 2. The maximum Gasteiger partial charge on any atom is 0.0823 e. The zero-order chi connectivity index (χ0) is 13.1. The van der Waals surface area contributed by atoms with Gasteiger partial charge in [-0.15, -0.1) is 0 Å². The predicted molar refractivity (Wildman–Crippen MR) is 76.4 cm³/mol. The molecule has 96 valence electrons. The van der Waals surface area contributed by atoms with Gasteiger partial charge in [-0.25, -0.2) is 0 Å². The second kappa shape index (κ2) is 5.63. The molecule has 0 fully saturated rings. The molecule has 0 radical (unpaired) electrons. The Kier molecular flexibility index (Phi) is 4.15. The van der Waals surface area contributed by atoms with Gasteiger partial charge in [-0.1, -0.05) is 29.3 Å². The predicted octanol–water partition coefficient (Wildman–Crippen LogP) is 4.13. The molecule has 1 aromatic carbocycles. The summed E-state index contributed by atoms with van der Waals surface area (Å²) in [6.45, 7) is 5.59. The summed E-state index contributed by atoms with van der Waals surface area (Å²) < 4.78 is 1.97. The van der Waals surface area contributed by atoms with Gasteiger partial charge in [-0.3, -0.25) is 4.68 Å². The van der Waals surface area contributed by atoms with Crippen molar-refractivity contribution in [2.24, 2.45) is 0 Å². The maximum atomic E-state index is 6.12. The SMILES string of the molecule is CCn1nc(C)cc1CNc1cccc(Cl)c1Cl. The first-order valence-corrected chi connectivity index (χ1v) is 6.58. The van der Waals surface area contributed by atoms with Crippen LogP contribution >= 0.6 is 23.2 Å². The Morgan fingerprint density at radius 1 is 1.33 bits per heavy atom. The summed E-state index contributed by atoms with van der Waals surface area (Å²) in [5.74, 6) is 0. The fourth-order valence-electron chi connectivity index (χ4n) is 1.84. The van der Waals surface area contributed by atoms with Crippen LogP contribution in [0.25, 0.3) is 0 Å². The van der Waals surface area contributed by atoms with E-state index in [2.05, 4.69) is 23.4 Å². The summed E-state index contributed by atoms with van der Waals surface area (Å²) in [4.78, 5) is 0. The zero-order valence-electron chi connectivity index (χ0n) is 10.4. The normalized spacial score (nSPS) is 10.7. The van der Waals surface area contributed by atoms with Crippen LogP contribution in [0.5, 0.6) is 0 Å². The Morgan fingerprint density at radius 2 is 2.11 bits per heavy atom. The van der Waals surface area contributed by atoms with Gasteiger partial charge in [0.1, 0.15) is 0 Å². The summed E-state index contributed by atoms with van der Waals surface area (Å²) in [5, 5.41) is 8.79. The molecule has 5 heteroatoms. The van der Waals surface area contributed by atoms with E-state index in [-0.39, 0.29) is 0 Å². The highest BCUT2D eigenvalue weighted by molar-refractivity contribution is 6.43. The van der Waals surface area contributed by atoms with Gasteiger partial charge in [0.15, 0.2) is 0 Å². The summed E-state index contributed by atoms with van der Waals surface area (Å²) in [7, 11) is 0. The highest BCUT2D eigenvalue weighted by Crippen LogP contribution is 2.29. The van der Waals surface area contributed by atoms with Crippen molar-refractivity contribution in [3.05, 3.63) is 45.7 Å². The third-order valence-electron chi connectivity index (χ3n) is 2.70. The molecule has 1 heterocycles. The molecule has 0 amide bonds. The third-order valence-corrected chi connectivity index (χ3v) is 3.52. The Labute approximate surface area is 117 Å². The third kappa shape index (κ3) is 2.79. The van der Waals surface area contributed by atoms with Crippen molar-refractivity contribution in [2.75, 3.05) is 5.32 Å². The average Bonchev–Trinajstić information content (AvgIpc) is 2.71. The van der Waals surface area contributed by atoms with E-state index < -0.39 is 0 Å². The molecule has 0 aliphatic rings. The summed E-state index contributed by atoms with van der Waals surface area (Å²) >= 11 is 12.1. The molecular weight excluding hydrogens is 269 g/mol. The Morgan fingerprint density at radius 3 is 2.83 bits per heavy atom. The van der Waals surface area contributed by atoms with Crippen LogP contribution < -0.4 is 5.32 Å². The van der Waals surface area contributed by atoms with Gasteiger partial charge in [-0.05, 0) is 32.0 Å². The van der Waals surface area contributed by atoms with Crippen LogP contribution in [0, 0.1) is 6.92 Å². The van der Waals surface area contributed by atoms with E-state index in [1.54, 1.807) is 6.07 Å². The topological polar surface area (TPSA) is 29.9 Å². The molecule has 0 saturated carbocycles. The molecule has 0 aliphatic heterocycles. The van der Waals surface area contributed by atoms with E-state index in [1.807, 2.05) is 23.7 Å². The van der Waals surface area contributed by atoms with E-state index >= 15 is 0 Å². The van der Waals surface area contributed by atoms with Crippen molar-refractivity contribution < 1.29 is 0 Å². The van der Waals surface area contributed by atoms with Crippen LogP contribution in [0.4, 0.5) is 5.69 Å². The highest BCUT2D eigenvalue weighted by atomic mass is 35.5. The van der Waals surface area contributed by atoms with E-state index in [0.29, 0.717) is 16.6 Å². The monoisotopic (exact) mass is 283 g/mol. The van der Waals surface area contributed by atoms with Crippen molar-refractivity contribution in [3.63, 3.8) is 0 Å². The molecule has 0 bridgehead atoms. The van der Waals surface area contributed by atoms with Gasteiger partial charge >= 0.3 is 0 Å². The number of hydrogen-bond donors (Lipinski definition) is 1. The molecule has 0 saturated heterocycles. The van der Waals surface area contributed by atoms with Crippen molar-refractivity contribution in [1.29, 1.82) is 0 Å². The van der Waals surface area contributed by atoms with Crippen LogP contribution in [0.2, 0.25) is 10.0 Å². The molecule has 0 unspecified atom stereocenters. The smallest absolute Gasteiger partial charge is 0.0823 e. The lowest BCUT2D eigenvalue weighted by molar-refractivity contribution is 0.623. The number of halogens is 2. The first-order chi connectivity index (χ1) is 8.61. The molecule has 18 heavy (non-hydrogen) atoms. The Balaban J connectivity index is 2.13. The highest BCUT2D eigenvalue weighted by Gasteiger charge is 2.07. The number of hydrogen-bond acceptors (Lipinski definition) is 2. The Bertz CT molecular complexity index is 549. The molecule has 1 N–H and O–H groups in total. The van der Waals surface area contributed by atoms with Crippen molar-refractivity contribution >= 4 is 28.9 Å². The Hall–Kier alpha value is -1.19. The van der Waals surface area contributed by atoms with Gasteiger partial charge in [0.2, 0.25) is 0 Å². The summed E-state index contributed by atoms with van der Waals surface area (Å²) in [6.07, 6.45) is 0. The molecule has 0 spiro atoms. The summed E-state index contributed by atoms with van der Waals surface area (Å²) in [5.41, 5.74) is 2.99. The second-order valence-electron chi connectivity index (χ2n) is 4.05. The molecule has 2 rings (SSSR count). The van der Waals surface area contributed by atoms with E-state index in [4.69, 9.17) is 23.2 Å². The molecule has 0 atom stereocenters. The van der Waals surface area contributed by atoms with Gasteiger partial charge in [0.25, 0.3) is 0 Å². The minimum atomic E-state index is 0.554.